The molecule has 0 nitrogen and oxygen atoms in total. The van der Waals surface area contributed by atoms with Gasteiger partial charge in [-0.2, -0.15) is 12.2 Å². The molecule has 0 spiro atoms. The van der Waals surface area contributed by atoms with Gasteiger partial charge in [-0.05, 0) is 0 Å². The van der Waals surface area contributed by atoms with Gasteiger partial charge in [0, 0.05) is 0 Å². The van der Waals surface area contributed by atoms with E-state index in [1.54, 1.807) is 0 Å². The van der Waals surface area contributed by atoms with Crippen molar-refractivity contribution in [2.75, 3.05) is 5.75 Å². The summed E-state index contributed by atoms with van der Waals surface area (Å²) in [7, 11) is 0. The van der Waals surface area contributed by atoms with E-state index in [1.165, 1.54) is 0 Å². The molecule has 0 heterocycles. The van der Waals surface area contributed by atoms with Gasteiger partial charge in [0.15, 0.2) is 0 Å². The molecule has 0 unspecified atom stereocenters. The first kappa shape index (κ1) is 9.02. The Morgan fingerprint density at radius 3 is 2.00 bits per heavy atom. The van der Waals surface area contributed by atoms with Gasteiger partial charge >= 0.3 is 0 Å². The fourth-order valence-corrected chi connectivity index (χ4v) is 0.306. The molecule has 44 valence electrons. The fraction of sp³-hybridized carbons (Fsp3) is 0.750. The predicted molar refractivity (Wildman–Crippen MR) is 26.8 cm³/mol. The van der Waals surface area contributed by atoms with E-state index in [4.69, 9.17) is 0 Å². The predicted octanol–water partition coefficient (Wildman–Crippen LogP) is 1.15. The van der Waals surface area contributed by atoms with Crippen LogP contribution >= 0.6 is 0 Å². The minimum atomic E-state index is 0. The van der Waals surface area contributed by atoms with Gasteiger partial charge in [0.2, 0.25) is 0 Å². The van der Waals surface area contributed by atoms with Gasteiger partial charge in [-0.3, -0.25) is 0 Å². The van der Waals surface area contributed by atoms with Crippen LogP contribution in [0.15, 0.2) is 0 Å². The van der Waals surface area contributed by atoms with Crippen molar-refractivity contribution in [3.63, 3.8) is 0 Å². The molecular formula is C4H8FmS-2. The molecule has 0 bridgehead atoms. The van der Waals surface area contributed by atoms with E-state index in [-0.39, 0.29) is 0 Å². The summed E-state index contributed by atoms with van der Waals surface area (Å²) in [5, 5.41) is 0. The Hall–Kier alpha value is -0.650. The molecule has 0 aliphatic rings. The zero-order valence-electron chi connectivity index (χ0n) is 3.53. The smallest absolute Gasteiger partial charge is 0 e. The zero-order chi connectivity index (χ0) is 4.12. The Labute approximate surface area is 39.0 Å². The molecule has 0 fully saturated rings. The van der Waals surface area contributed by atoms with E-state index in [9.17, 15) is 0 Å². The van der Waals surface area contributed by atoms with Crippen molar-refractivity contribution in [2.24, 2.45) is 0 Å². The van der Waals surface area contributed by atoms with Crippen LogP contribution in [-0.4, -0.2) is 5.75 Å². The summed E-state index contributed by atoms with van der Waals surface area (Å²) < 4.78 is 0. The molecule has 0 radical (unpaired) electrons. The summed E-state index contributed by atoms with van der Waals surface area (Å²) in [4.78, 5) is 0. The topological polar surface area (TPSA) is 0 Å². The molecule has 0 aliphatic carbocycles. The minimum Gasteiger partial charge on any atom is -0.793 e. The van der Waals surface area contributed by atoms with Crippen LogP contribution in [0.1, 0.15) is 12.8 Å². The van der Waals surface area contributed by atoms with Crippen LogP contribution in [-0.2, 0) is 12.6 Å². The summed E-state index contributed by atoms with van der Waals surface area (Å²) in [6.07, 6.45) is 2.08. The molecule has 0 aromatic carbocycles. The monoisotopic (exact) mass is 345 g/mol. The third kappa shape index (κ3) is 10.2. The Kier molecular flexibility index (Phi) is 13.3. The standard InChI is InChI=1S/C4H9S.Fm/c1-2-3-4-5;/h5H,1-4H2;/q-1;/p-1. The van der Waals surface area contributed by atoms with Crippen LogP contribution in [0.25, 0.3) is 0 Å². The maximum atomic E-state index is 4.61. The summed E-state index contributed by atoms with van der Waals surface area (Å²) in [6.45, 7) is 3.61. The molecule has 0 atom stereocenters. The number of hydrogen-bond donors (Lipinski definition) is 0. The molecular weight excluding hydrogens is 337 g/mol. The van der Waals surface area contributed by atoms with Crippen LogP contribution in [0, 0.1) is 6.92 Å². The Morgan fingerprint density at radius 1 is 1.50 bits per heavy atom. The van der Waals surface area contributed by atoms with E-state index in [0.717, 1.165) is 18.6 Å². The van der Waals surface area contributed by atoms with E-state index in [1.807, 2.05) is 0 Å². The number of hydrogen-bond acceptors (Lipinski definition) is 1. The molecule has 0 amide bonds. The Morgan fingerprint density at radius 2 is 2.00 bits per heavy atom. The van der Waals surface area contributed by atoms with Gasteiger partial charge in [0.1, 0.15) is 0 Å². The molecule has 0 rings (SSSR count). The first-order chi connectivity index (χ1) is 2.41. The number of rotatable bonds is 2. The molecule has 6 heavy (non-hydrogen) atoms. The van der Waals surface area contributed by atoms with Crippen LogP contribution in [0.4, 0.5) is 0 Å². The summed E-state index contributed by atoms with van der Waals surface area (Å²) in [5.41, 5.74) is 0. The maximum absolute atomic E-state index is 4.61. The Bertz CT molecular complexity index is 15.0. The first-order valence-electron chi connectivity index (χ1n) is 1.79. The molecule has 0 aromatic heterocycles. The normalized spacial score (nSPS) is 7.00. The molecule has 0 N–H and O–H groups in total. The second-order valence-corrected chi connectivity index (χ2v) is 1.32. The van der Waals surface area contributed by atoms with Crippen LogP contribution in [0.5, 0.6) is 0 Å². The van der Waals surface area contributed by atoms with Crippen LogP contribution in [0.3, 0.4) is 0 Å². The van der Waals surface area contributed by atoms with Crippen molar-refractivity contribution in [3.05, 3.63) is 6.92 Å². The molecule has 0 aliphatic heterocycles. The average molecular weight is 345 g/mol. The number of unbranched alkanes of at least 4 members (excludes halogenated alkanes) is 1. The third-order valence-corrected chi connectivity index (χ3v) is 0.683. The second kappa shape index (κ2) is 8.84. The van der Waals surface area contributed by atoms with E-state index >= 15 is 0 Å². The van der Waals surface area contributed by atoms with Gasteiger partial charge in [-0.1, -0.05) is 0 Å². The van der Waals surface area contributed by atoms with E-state index < -0.39 is 0 Å². The minimum absolute atomic E-state index is 0. The summed E-state index contributed by atoms with van der Waals surface area (Å²) >= 11 is 4.61. The maximum Gasteiger partial charge on any atom is 0 e. The van der Waals surface area contributed by atoms with Gasteiger partial charge < -0.3 is 19.6 Å². The van der Waals surface area contributed by atoms with Gasteiger partial charge in [-0.15, -0.1) is 6.42 Å². The third-order valence-electron chi connectivity index (χ3n) is 0.394. The van der Waals surface area contributed by atoms with Crippen molar-refractivity contribution >= 4 is 12.6 Å². The van der Waals surface area contributed by atoms with Gasteiger partial charge in [-0.25, -0.2) is 0 Å². The molecule has 0 saturated heterocycles. The van der Waals surface area contributed by atoms with E-state index in [0.29, 0.717) is 0 Å². The summed E-state index contributed by atoms with van der Waals surface area (Å²) in [6, 6.07) is 0. The van der Waals surface area contributed by atoms with Crippen LogP contribution < -0.4 is 0 Å². The second-order valence-electron chi connectivity index (χ2n) is 0.911. The molecule has 2 heteroatoms. The SMILES string of the molecule is [CH2-]CCC[S-].[Fm]. The first-order valence-corrected chi connectivity index (χ1v) is 2.37. The summed E-state index contributed by atoms with van der Waals surface area (Å²) in [5.74, 6) is 0.865. The van der Waals surface area contributed by atoms with Crippen molar-refractivity contribution in [1.29, 1.82) is 0 Å². The Balaban J connectivity index is 0. The molecule has 0 aromatic rings. The van der Waals surface area contributed by atoms with E-state index in [2.05, 4.69) is 19.6 Å². The van der Waals surface area contributed by atoms with Gasteiger partial charge in [0.25, 0.3) is 0 Å². The quantitative estimate of drug-likeness (QED) is 0.535. The van der Waals surface area contributed by atoms with Gasteiger partial charge in [0.05, 0.1) is 0 Å². The zero-order valence-corrected chi connectivity index (χ0v) is 6.75. The largest absolute Gasteiger partial charge is 0.793 e. The molecule has 0 saturated carbocycles. The van der Waals surface area contributed by atoms with Crippen LogP contribution in [0.2, 0.25) is 0 Å². The fourth-order valence-electron chi connectivity index (χ4n) is 0.102. The van der Waals surface area contributed by atoms with Crippen molar-refractivity contribution in [1.82, 2.24) is 0 Å². The average Bonchev–Trinajstić information content (AvgIpc) is 1.41. The van der Waals surface area contributed by atoms with Crippen molar-refractivity contribution in [3.8, 4) is 0 Å². The van der Waals surface area contributed by atoms with Crippen molar-refractivity contribution in [2.45, 2.75) is 12.8 Å². The van der Waals surface area contributed by atoms with Crippen molar-refractivity contribution < 1.29 is 0 Å².